The average molecular weight is 388 g/mol. The Labute approximate surface area is 136 Å². The van der Waals surface area contributed by atoms with Gasteiger partial charge in [0.1, 0.15) is 13.5 Å². The predicted molar refractivity (Wildman–Crippen MR) is 91.0 cm³/mol. The zero-order valence-corrected chi connectivity index (χ0v) is 13.4. The van der Waals surface area contributed by atoms with Crippen LogP contribution in [0.2, 0.25) is 0 Å². The standard InChI is InChI=1S/C14H10BIN4O/c1-9(21)19(16)11-4-2-3-10(7-11)13-5-6-17-14-12(15)8-18-20(13)14/h2-8H,1H3. The molecule has 3 aromatic rings. The van der Waals surface area contributed by atoms with Gasteiger partial charge in [0.15, 0.2) is 0 Å². The number of halogens is 1. The highest BCUT2D eigenvalue weighted by Crippen LogP contribution is 2.26. The lowest BCUT2D eigenvalue weighted by Gasteiger charge is -2.13. The first kappa shape index (κ1) is 14.1. The summed E-state index contributed by atoms with van der Waals surface area (Å²) in [5.74, 6) is -0.0315. The van der Waals surface area contributed by atoms with Gasteiger partial charge in [-0.05, 0) is 23.7 Å². The van der Waals surface area contributed by atoms with E-state index in [1.807, 2.05) is 53.2 Å². The molecule has 2 radical (unpaired) electrons. The first-order valence-electron chi connectivity index (χ1n) is 6.23. The number of amides is 1. The van der Waals surface area contributed by atoms with Gasteiger partial charge < -0.3 is 0 Å². The first-order valence-corrected chi connectivity index (χ1v) is 7.19. The van der Waals surface area contributed by atoms with Crippen LogP contribution in [-0.4, -0.2) is 28.4 Å². The molecule has 0 saturated heterocycles. The SMILES string of the molecule is [B]c1cnn2c(-c3cccc(N(I)C(C)=O)c3)ccnc12. The van der Waals surface area contributed by atoms with E-state index in [1.165, 1.54) is 6.92 Å². The second-order valence-electron chi connectivity index (χ2n) is 4.52. The van der Waals surface area contributed by atoms with E-state index in [0.29, 0.717) is 11.1 Å². The summed E-state index contributed by atoms with van der Waals surface area (Å²) in [6.07, 6.45) is 3.28. The van der Waals surface area contributed by atoms with Crippen molar-refractivity contribution >= 4 is 53.4 Å². The molecule has 1 amide bonds. The summed E-state index contributed by atoms with van der Waals surface area (Å²) in [5.41, 5.74) is 3.77. The lowest BCUT2D eigenvalue weighted by molar-refractivity contribution is -0.115. The number of aromatic nitrogens is 3. The van der Waals surface area contributed by atoms with Gasteiger partial charge in [-0.1, -0.05) is 12.1 Å². The van der Waals surface area contributed by atoms with E-state index in [9.17, 15) is 4.79 Å². The fourth-order valence-corrected chi connectivity index (χ4v) is 2.40. The first-order chi connectivity index (χ1) is 10.1. The molecular formula is C14H10BIN4O. The van der Waals surface area contributed by atoms with Crippen LogP contribution in [0.5, 0.6) is 0 Å². The largest absolute Gasteiger partial charge is 0.274 e. The Morgan fingerprint density at radius 3 is 2.95 bits per heavy atom. The number of hydrogen-bond donors (Lipinski definition) is 0. The van der Waals surface area contributed by atoms with Crippen molar-refractivity contribution in [3.05, 3.63) is 42.7 Å². The Morgan fingerprint density at radius 1 is 1.38 bits per heavy atom. The van der Waals surface area contributed by atoms with Crippen LogP contribution in [0, 0.1) is 0 Å². The van der Waals surface area contributed by atoms with E-state index in [2.05, 4.69) is 10.1 Å². The third kappa shape index (κ3) is 2.53. The van der Waals surface area contributed by atoms with Gasteiger partial charge in [0, 0.05) is 24.9 Å². The molecule has 102 valence electrons. The van der Waals surface area contributed by atoms with Crippen LogP contribution >= 0.6 is 22.9 Å². The number of anilines is 1. The van der Waals surface area contributed by atoms with Crippen LogP contribution in [-0.2, 0) is 4.79 Å². The van der Waals surface area contributed by atoms with Crippen LogP contribution in [0.1, 0.15) is 6.92 Å². The van der Waals surface area contributed by atoms with Crippen molar-refractivity contribution in [2.75, 3.05) is 3.11 Å². The maximum atomic E-state index is 11.5. The minimum Gasteiger partial charge on any atom is -0.274 e. The monoisotopic (exact) mass is 388 g/mol. The number of nitrogens with zero attached hydrogens (tertiary/aromatic N) is 4. The smallest absolute Gasteiger partial charge is 0.232 e. The topological polar surface area (TPSA) is 50.5 Å². The summed E-state index contributed by atoms with van der Waals surface area (Å²) in [6, 6.07) is 9.54. The van der Waals surface area contributed by atoms with Crippen molar-refractivity contribution < 1.29 is 4.79 Å². The summed E-state index contributed by atoms with van der Waals surface area (Å²) in [4.78, 5) is 15.7. The molecule has 5 nitrogen and oxygen atoms in total. The van der Waals surface area contributed by atoms with Gasteiger partial charge in [0.2, 0.25) is 5.91 Å². The number of hydrogen-bond acceptors (Lipinski definition) is 3. The molecule has 7 heteroatoms. The quantitative estimate of drug-likeness (QED) is 0.383. The van der Waals surface area contributed by atoms with E-state index < -0.39 is 0 Å². The molecule has 0 aliphatic heterocycles. The van der Waals surface area contributed by atoms with Crippen molar-refractivity contribution in [3.63, 3.8) is 0 Å². The molecule has 1 aromatic carbocycles. The zero-order chi connectivity index (χ0) is 15.0. The predicted octanol–water partition coefficient (Wildman–Crippen LogP) is 1.89. The molecule has 0 saturated carbocycles. The Balaban J connectivity index is 2.15. The Hall–Kier alpha value is -1.90. The number of carbonyl (C=O) groups is 1. The minimum absolute atomic E-state index is 0.0315. The number of benzene rings is 1. The lowest BCUT2D eigenvalue weighted by Crippen LogP contribution is -2.15. The molecule has 2 heterocycles. The summed E-state index contributed by atoms with van der Waals surface area (Å²) < 4.78 is 3.26. The van der Waals surface area contributed by atoms with Crippen LogP contribution in [0.3, 0.4) is 0 Å². The molecule has 0 aliphatic rings. The zero-order valence-electron chi connectivity index (χ0n) is 11.2. The van der Waals surface area contributed by atoms with Crippen molar-refractivity contribution in [1.82, 2.24) is 14.6 Å². The lowest BCUT2D eigenvalue weighted by atomic mass is 10.0. The van der Waals surface area contributed by atoms with E-state index in [4.69, 9.17) is 7.85 Å². The van der Waals surface area contributed by atoms with Gasteiger partial charge in [-0.15, -0.1) is 0 Å². The summed E-state index contributed by atoms with van der Waals surface area (Å²) in [6.45, 7) is 1.53. The van der Waals surface area contributed by atoms with E-state index >= 15 is 0 Å². The summed E-state index contributed by atoms with van der Waals surface area (Å²) >= 11 is 1.98. The maximum absolute atomic E-state index is 11.5. The second kappa shape index (κ2) is 5.47. The Morgan fingerprint density at radius 2 is 2.19 bits per heavy atom. The Bertz CT molecular complexity index is 833. The van der Waals surface area contributed by atoms with Gasteiger partial charge >= 0.3 is 0 Å². The van der Waals surface area contributed by atoms with Gasteiger partial charge in [-0.2, -0.15) is 5.10 Å². The van der Waals surface area contributed by atoms with E-state index in [0.717, 1.165) is 16.9 Å². The van der Waals surface area contributed by atoms with Crippen LogP contribution < -0.4 is 8.58 Å². The molecule has 3 rings (SSSR count). The highest BCUT2D eigenvalue weighted by atomic mass is 127. The van der Waals surface area contributed by atoms with Crippen molar-refractivity contribution in [3.8, 4) is 11.3 Å². The van der Waals surface area contributed by atoms with Crippen molar-refractivity contribution in [1.29, 1.82) is 0 Å². The number of fused-ring (bicyclic) bond motifs is 1. The molecule has 2 aromatic heterocycles. The van der Waals surface area contributed by atoms with Crippen LogP contribution in [0.25, 0.3) is 16.9 Å². The maximum Gasteiger partial charge on any atom is 0.232 e. The second-order valence-corrected chi connectivity index (χ2v) is 5.48. The Kier molecular flexibility index (Phi) is 3.67. The molecule has 0 bridgehead atoms. The molecule has 0 unspecified atom stereocenters. The van der Waals surface area contributed by atoms with Gasteiger partial charge in [0.05, 0.1) is 34.2 Å². The molecule has 0 N–H and O–H groups in total. The number of rotatable bonds is 2. The third-order valence-electron chi connectivity index (χ3n) is 3.07. The van der Waals surface area contributed by atoms with Gasteiger partial charge in [-0.3, -0.25) is 7.91 Å². The molecular weight excluding hydrogens is 378 g/mol. The van der Waals surface area contributed by atoms with Crippen molar-refractivity contribution in [2.24, 2.45) is 0 Å². The third-order valence-corrected chi connectivity index (χ3v) is 4.31. The van der Waals surface area contributed by atoms with Gasteiger partial charge in [-0.25, -0.2) is 9.50 Å². The molecule has 0 fully saturated rings. The van der Waals surface area contributed by atoms with Crippen molar-refractivity contribution in [2.45, 2.75) is 6.92 Å². The fraction of sp³-hybridized carbons (Fsp3) is 0.0714. The van der Waals surface area contributed by atoms with Gasteiger partial charge in [0.25, 0.3) is 0 Å². The summed E-state index contributed by atoms with van der Waals surface area (Å²) in [7, 11) is 5.84. The summed E-state index contributed by atoms with van der Waals surface area (Å²) in [5, 5.41) is 4.25. The molecule has 21 heavy (non-hydrogen) atoms. The molecule has 0 spiro atoms. The highest BCUT2D eigenvalue weighted by Gasteiger charge is 2.11. The number of carbonyl (C=O) groups excluding carboxylic acids is 1. The highest BCUT2D eigenvalue weighted by molar-refractivity contribution is 14.1. The molecule has 0 aliphatic carbocycles. The molecule has 0 atom stereocenters. The van der Waals surface area contributed by atoms with Crippen LogP contribution in [0.15, 0.2) is 42.7 Å². The van der Waals surface area contributed by atoms with E-state index in [1.54, 1.807) is 20.0 Å². The normalized spacial score (nSPS) is 10.8. The van der Waals surface area contributed by atoms with Crippen LogP contribution in [0.4, 0.5) is 5.69 Å². The van der Waals surface area contributed by atoms with E-state index in [-0.39, 0.29) is 5.91 Å². The average Bonchev–Trinajstić information content (AvgIpc) is 2.88. The fourth-order valence-electron chi connectivity index (χ4n) is 2.10. The minimum atomic E-state index is -0.0315.